The van der Waals surface area contributed by atoms with E-state index >= 15 is 0 Å². The zero-order valence-corrected chi connectivity index (χ0v) is 11.5. The molecule has 0 amide bonds. The van der Waals surface area contributed by atoms with Gasteiger partial charge >= 0.3 is 5.97 Å². The lowest BCUT2D eigenvalue weighted by Gasteiger charge is -1.99. The molecule has 0 aliphatic rings. The van der Waals surface area contributed by atoms with E-state index in [1.54, 1.807) is 10.8 Å². The number of aromatic amines is 1. The Labute approximate surface area is 125 Å². The maximum Gasteiger partial charge on any atom is 0.323 e. The number of aromatic nitrogens is 4. The molecule has 4 aromatic rings. The second-order valence-electron chi connectivity index (χ2n) is 5.04. The minimum absolute atomic E-state index is 0.0843. The van der Waals surface area contributed by atoms with Crippen molar-refractivity contribution in [2.75, 3.05) is 0 Å². The number of nitrogens with one attached hydrogen (secondary N) is 1. The van der Waals surface area contributed by atoms with Gasteiger partial charge in [-0.2, -0.15) is 0 Å². The largest absolute Gasteiger partial charge is 0.480 e. The number of para-hydroxylation sites is 1. The van der Waals surface area contributed by atoms with Gasteiger partial charge in [0, 0.05) is 28.9 Å². The summed E-state index contributed by atoms with van der Waals surface area (Å²) in [5.41, 5.74) is 3.24. The fraction of sp³-hybridized carbons (Fsp3) is 0.0625. The normalized spacial score (nSPS) is 11.3. The van der Waals surface area contributed by atoms with E-state index in [0.29, 0.717) is 11.5 Å². The van der Waals surface area contributed by atoms with Crippen molar-refractivity contribution in [2.45, 2.75) is 6.54 Å². The zero-order valence-electron chi connectivity index (χ0n) is 11.5. The van der Waals surface area contributed by atoms with Gasteiger partial charge in [-0.3, -0.25) is 4.79 Å². The molecule has 3 aromatic heterocycles. The highest BCUT2D eigenvalue weighted by atomic mass is 16.4. The van der Waals surface area contributed by atoms with Gasteiger partial charge in [0.05, 0.1) is 5.52 Å². The Kier molecular flexibility index (Phi) is 2.69. The van der Waals surface area contributed by atoms with Crippen LogP contribution in [0.4, 0.5) is 0 Å². The van der Waals surface area contributed by atoms with Crippen LogP contribution in [0.25, 0.3) is 33.5 Å². The van der Waals surface area contributed by atoms with Crippen molar-refractivity contribution in [3.8, 4) is 11.4 Å². The summed E-state index contributed by atoms with van der Waals surface area (Å²) in [6.45, 7) is -0.0843. The van der Waals surface area contributed by atoms with Crippen LogP contribution in [0.15, 0.2) is 48.8 Å². The lowest BCUT2D eigenvalue weighted by atomic mass is 10.2. The average Bonchev–Trinajstić information content (AvgIpc) is 3.08. The van der Waals surface area contributed by atoms with Crippen LogP contribution in [0.1, 0.15) is 0 Å². The van der Waals surface area contributed by atoms with Crippen LogP contribution in [0, 0.1) is 0 Å². The van der Waals surface area contributed by atoms with E-state index in [2.05, 4.69) is 15.0 Å². The Morgan fingerprint density at radius 1 is 1.23 bits per heavy atom. The number of rotatable bonds is 3. The third-order valence-corrected chi connectivity index (χ3v) is 3.61. The van der Waals surface area contributed by atoms with Gasteiger partial charge in [-0.25, -0.2) is 9.97 Å². The van der Waals surface area contributed by atoms with Crippen molar-refractivity contribution < 1.29 is 9.90 Å². The summed E-state index contributed by atoms with van der Waals surface area (Å²) in [6, 6.07) is 11.4. The van der Waals surface area contributed by atoms with E-state index in [1.807, 2.05) is 42.6 Å². The van der Waals surface area contributed by atoms with Gasteiger partial charge in [-0.05, 0) is 18.2 Å². The molecule has 6 nitrogen and oxygen atoms in total. The third kappa shape index (κ3) is 1.93. The highest BCUT2D eigenvalue weighted by molar-refractivity contribution is 5.96. The molecule has 1 aromatic carbocycles. The minimum atomic E-state index is -0.876. The van der Waals surface area contributed by atoms with Crippen LogP contribution in [0.3, 0.4) is 0 Å². The number of benzene rings is 1. The Morgan fingerprint density at radius 2 is 2.09 bits per heavy atom. The highest BCUT2D eigenvalue weighted by Crippen LogP contribution is 2.29. The second kappa shape index (κ2) is 4.70. The molecule has 0 bridgehead atoms. The first-order valence-corrected chi connectivity index (χ1v) is 6.83. The van der Waals surface area contributed by atoms with E-state index < -0.39 is 5.97 Å². The van der Waals surface area contributed by atoms with Crippen LogP contribution < -0.4 is 0 Å². The summed E-state index contributed by atoms with van der Waals surface area (Å²) < 4.78 is 1.72. The smallest absolute Gasteiger partial charge is 0.323 e. The number of pyridine rings is 1. The predicted octanol–water partition coefficient (Wildman–Crippen LogP) is 2.66. The molecule has 6 heteroatoms. The van der Waals surface area contributed by atoms with E-state index in [-0.39, 0.29) is 6.54 Å². The van der Waals surface area contributed by atoms with Crippen molar-refractivity contribution in [1.82, 2.24) is 19.5 Å². The molecular weight excluding hydrogens is 280 g/mol. The van der Waals surface area contributed by atoms with E-state index in [4.69, 9.17) is 5.11 Å². The van der Waals surface area contributed by atoms with Gasteiger partial charge in [-0.1, -0.05) is 18.2 Å². The molecule has 0 aliphatic carbocycles. The Bertz CT molecular complexity index is 967. The number of H-pyrrole nitrogens is 1. The van der Waals surface area contributed by atoms with Crippen molar-refractivity contribution >= 4 is 28.0 Å². The summed E-state index contributed by atoms with van der Waals surface area (Å²) in [6.07, 6.45) is 3.51. The number of hydrogen-bond donors (Lipinski definition) is 2. The van der Waals surface area contributed by atoms with Crippen molar-refractivity contribution in [2.24, 2.45) is 0 Å². The fourth-order valence-corrected chi connectivity index (χ4v) is 2.68. The molecule has 0 saturated heterocycles. The number of fused-ring (bicyclic) bond motifs is 2. The maximum atomic E-state index is 11.0. The monoisotopic (exact) mass is 292 g/mol. The van der Waals surface area contributed by atoms with Gasteiger partial charge in [-0.15, -0.1) is 0 Å². The maximum absolute atomic E-state index is 11.0. The molecular formula is C16H12N4O2. The number of hydrogen-bond acceptors (Lipinski definition) is 3. The topological polar surface area (TPSA) is 83.8 Å². The van der Waals surface area contributed by atoms with Gasteiger partial charge in [0.1, 0.15) is 12.4 Å². The summed E-state index contributed by atoms with van der Waals surface area (Å²) in [5.74, 6) is -0.187. The van der Waals surface area contributed by atoms with E-state index in [0.717, 1.165) is 22.0 Å². The number of nitrogens with zero attached hydrogens (tertiary/aromatic N) is 3. The van der Waals surface area contributed by atoms with Crippen LogP contribution in [0.2, 0.25) is 0 Å². The first kappa shape index (κ1) is 12.6. The molecule has 2 N–H and O–H groups in total. The minimum Gasteiger partial charge on any atom is -0.480 e. The summed E-state index contributed by atoms with van der Waals surface area (Å²) in [5, 5.41) is 10.0. The second-order valence-corrected chi connectivity index (χ2v) is 5.04. The quantitative estimate of drug-likeness (QED) is 0.608. The van der Waals surface area contributed by atoms with Gasteiger partial charge in [0.2, 0.25) is 0 Å². The summed E-state index contributed by atoms with van der Waals surface area (Å²) >= 11 is 0. The third-order valence-electron chi connectivity index (χ3n) is 3.61. The standard InChI is InChI=1S/C16H12N4O2/c21-14(22)9-20-8-11(10-4-1-2-6-13(10)20)15-18-12-5-3-7-17-16(12)19-15/h1-8H,9H2,(H,21,22)(H,17,18,19). The van der Waals surface area contributed by atoms with Crippen LogP contribution >= 0.6 is 0 Å². The molecule has 0 unspecified atom stereocenters. The first-order valence-electron chi connectivity index (χ1n) is 6.83. The number of carbonyl (C=O) groups is 1. The molecule has 0 atom stereocenters. The number of carboxylic acid groups (broad SMARTS) is 1. The molecule has 0 fully saturated rings. The van der Waals surface area contributed by atoms with E-state index in [9.17, 15) is 4.79 Å². The van der Waals surface area contributed by atoms with Crippen LogP contribution in [-0.4, -0.2) is 30.6 Å². The molecule has 0 aliphatic heterocycles. The zero-order chi connectivity index (χ0) is 15.1. The van der Waals surface area contributed by atoms with Crippen LogP contribution in [0.5, 0.6) is 0 Å². The molecule has 0 saturated carbocycles. The molecule has 4 rings (SSSR count). The number of aliphatic carboxylic acids is 1. The average molecular weight is 292 g/mol. The predicted molar refractivity (Wildman–Crippen MR) is 82.5 cm³/mol. The summed E-state index contributed by atoms with van der Waals surface area (Å²) in [4.78, 5) is 23.0. The molecule has 0 radical (unpaired) electrons. The molecule has 22 heavy (non-hydrogen) atoms. The molecule has 108 valence electrons. The molecule has 3 heterocycles. The van der Waals surface area contributed by atoms with Crippen molar-refractivity contribution in [3.05, 3.63) is 48.8 Å². The van der Waals surface area contributed by atoms with E-state index in [1.165, 1.54) is 0 Å². The SMILES string of the molecule is O=C(O)Cn1cc(-c2nc3ncccc3[nH]2)c2ccccc21. The Hall–Kier alpha value is -3.15. The van der Waals surface area contributed by atoms with Crippen molar-refractivity contribution in [1.29, 1.82) is 0 Å². The Balaban J connectivity index is 1.96. The van der Waals surface area contributed by atoms with Gasteiger partial charge in [0.15, 0.2) is 5.65 Å². The fourth-order valence-electron chi connectivity index (χ4n) is 2.68. The van der Waals surface area contributed by atoms with Crippen LogP contribution in [-0.2, 0) is 11.3 Å². The molecule has 0 spiro atoms. The Morgan fingerprint density at radius 3 is 2.91 bits per heavy atom. The first-order chi connectivity index (χ1) is 10.7. The highest BCUT2D eigenvalue weighted by Gasteiger charge is 2.14. The number of imidazole rings is 1. The lowest BCUT2D eigenvalue weighted by Crippen LogP contribution is -2.07. The summed E-state index contributed by atoms with van der Waals surface area (Å²) in [7, 11) is 0. The number of carboxylic acids is 1. The van der Waals surface area contributed by atoms with Crippen molar-refractivity contribution in [3.63, 3.8) is 0 Å². The lowest BCUT2D eigenvalue weighted by molar-refractivity contribution is -0.137. The van der Waals surface area contributed by atoms with Gasteiger partial charge in [0.25, 0.3) is 0 Å². The van der Waals surface area contributed by atoms with Gasteiger partial charge < -0.3 is 14.7 Å².